The maximum absolute atomic E-state index is 13.1. The fourth-order valence-electron chi connectivity index (χ4n) is 3.53. The number of likely N-dealkylation sites (tertiary alicyclic amines) is 1. The van der Waals surface area contributed by atoms with Crippen LogP contribution in [0.25, 0.3) is 0 Å². The number of aromatic nitrogens is 1. The van der Waals surface area contributed by atoms with E-state index < -0.39 is 6.10 Å². The lowest BCUT2D eigenvalue weighted by atomic mass is 10.0. The van der Waals surface area contributed by atoms with Crippen LogP contribution in [-0.2, 0) is 7.05 Å². The molecule has 0 saturated carbocycles. The van der Waals surface area contributed by atoms with Crippen LogP contribution < -0.4 is 0 Å². The van der Waals surface area contributed by atoms with E-state index in [1.807, 2.05) is 4.90 Å². The van der Waals surface area contributed by atoms with Crippen molar-refractivity contribution < 1.29 is 14.3 Å². The zero-order chi connectivity index (χ0) is 17.8. The SMILES string of the molecule is Cn1cc(C#N)cc1C(=O)N1CCCCC[C@@H]1C[C@@H](O)c1ccco1. The number of nitriles is 1. The van der Waals surface area contributed by atoms with E-state index in [9.17, 15) is 9.90 Å². The molecule has 1 aliphatic rings. The molecular weight excluding hydrogens is 318 g/mol. The number of aliphatic hydroxyl groups is 1. The minimum absolute atomic E-state index is 0.0458. The molecule has 0 spiro atoms. The highest BCUT2D eigenvalue weighted by molar-refractivity contribution is 5.93. The number of furan rings is 1. The van der Waals surface area contributed by atoms with Gasteiger partial charge in [0.25, 0.3) is 5.91 Å². The standard InChI is InChI=1S/C19H23N3O3/c1-21-13-14(12-20)10-16(21)19(24)22-8-4-2-3-6-15(22)11-17(23)18-7-5-9-25-18/h5,7,9-10,13,15,17,23H,2-4,6,8,11H2,1H3/t15-,17-/m1/s1. The molecule has 0 aromatic carbocycles. The molecule has 6 nitrogen and oxygen atoms in total. The van der Waals surface area contributed by atoms with Crippen LogP contribution in [0.5, 0.6) is 0 Å². The van der Waals surface area contributed by atoms with Gasteiger partial charge in [0, 0.05) is 32.3 Å². The van der Waals surface area contributed by atoms with Crippen molar-refractivity contribution in [1.29, 1.82) is 5.26 Å². The van der Waals surface area contributed by atoms with Gasteiger partial charge >= 0.3 is 0 Å². The van der Waals surface area contributed by atoms with Crippen molar-refractivity contribution in [3.63, 3.8) is 0 Å². The normalized spacial score (nSPS) is 19.2. The van der Waals surface area contributed by atoms with Gasteiger partial charge in [-0.15, -0.1) is 0 Å². The molecule has 2 aromatic heterocycles. The lowest BCUT2D eigenvalue weighted by Gasteiger charge is -2.31. The van der Waals surface area contributed by atoms with Crippen LogP contribution in [0.4, 0.5) is 0 Å². The Morgan fingerprint density at radius 2 is 2.32 bits per heavy atom. The first kappa shape index (κ1) is 17.3. The molecule has 3 rings (SSSR count). The molecule has 1 amide bonds. The van der Waals surface area contributed by atoms with Crippen LogP contribution in [0.3, 0.4) is 0 Å². The van der Waals surface area contributed by atoms with Crippen LogP contribution in [0.2, 0.25) is 0 Å². The Bertz CT molecular complexity index is 757. The van der Waals surface area contributed by atoms with Crippen LogP contribution >= 0.6 is 0 Å². The zero-order valence-corrected chi connectivity index (χ0v) is 14.4. The van der Waals surface area contributed by atoms with Gasteiger partial charge < -0.3 is 19.0 Å². The summed E-state index contributed by atoms with van der Waals surface area (Å²) in [6, 6.07) is 7.17. The molecule has 2 aromatic rings. The predicted molar refractivity (Wildman–Crippen MR) is 91.7 cm³/mol. The molecule has 1 saturated heterocycles. The topological polar surface area (TPSA) is 82.4 Å². The summed E-state index contributed by atoms with van der Waals surface area (Å²) in [7, 11) is 1.78. The summed E-state index contributed by atoms with van der Waals surface area (Å²) in [6.45, 7) is 0.668. The molecular formula is C19H23N3O3. The first-order chi connectivity index (χ1) is 12.1. The molecule has 0 unspecified atom stereocenters. The summed E-state index contributed by atoms with van der Waals surface area (Å²) in [5.41, 5.74) is 0.990. The predicted octanol–water partition coefficient (Wildman–Crippen LogP) is 3.00. The van der Waals surface area contributed by atoms with Gasteiger partial charge in [-0.3, -0.25) is 4.79 Å². The van der Waals surface area contributed by atoms with Gasteiger partial charge in [-0.25, -0.2) is 0 Å². The van der Waals surface area contributed by atoms with E-state index in [1.54, 1.807) is 42.3 Å². The number of amides is 1. The molecule has 1 N–H and O–H groups in total. The Kier molecular flexibility index (Phi) is 5.25. The Balaban J connectivity index is 1.81. The molecule has 3 heterocycles. The van der Waals surface area contributed by atoms with Crippen molar-refractivity contribution in [3.8, 4) is 6.07 Å². The molecule has 6 heteroatoms. The number of carbonyl (C=O) groups excluding carboxylic acids is 1. The summed E-state index contributed by atoms with van der Waals surface area (Å²) in [5, 5.41) is 19.5. The number of aryl methyl sites for hydroxylation is 1. The number of rotatable bonds is 4. The number of nitrogens with zero attached hydrogens (tertiary/aromatic N) is 3. The van der Waals surface area contributed by atoms with E-state index in [1.165, 1.54) is 0 Å². The highest BCUT2D eigenvalue weighted by Gasteiger charge is 2.30. The molecule has 25 heavy (non-hydrogen) atoms. The fraction of sp³-hybridized carbons (Fsp3) is 0.474. The minimum atomic E-state index is -0.725. The van der Waals surface area contributed by atoms with Gasteiger partial charge in [0.2, 0.25) is 0 Å². The van der Waals surface area contributed by atoms with Crippen molar-refractivity contribution >= 4 is 5.91 Å². The Morgan fingerprint density at radius 3 is 3.00 bits per heavy atom. The quantitative estimate of drug-likeness (QED) is 0.927. The lowest BCUT2D eigenvalue weighted by molar-refractivity contribution is 0.0549. The minimum Gasteiger partial charge on any atom is -0.467 e. The van der Waals surface area contributed by atoms with Gasteiger partial charge in [0.1, 0.15) is 23.6 Å². The number of aliphatic hydroxyl groups excluding tert-OH is 1. The largest absolute Gasteiger partial charge is 0.467 e. The third kappa shape index (κ3) is 3.77. The maximum Gasteiger partial charge on any atom is 0.270 e. The van der Waals surface area contributed by atoms with Crippen LogP contribution in [-0.4, -0.2) is 33.1 Å². The highest BCUT2D eigenvalue weighted by atomic mass is 16.4. The molecule has 1 fully saturated rings. The van der Waals surface area contributed by atoms with Crippen LogP contribution in [0.15, 0.2) is 35.1 Å². The highest BCUT2D eigenvalue weighted by Crippen LogP contribution is 2.28. The monoisotopic (exact) mass is 341 g/mol. The lowest BCUT2D eigenvalue weighted by Crippen LogP contribution is -2.41. The van der Waals surface area contributed by atoms with E-state index in [0.717, 1.165) is 25.7 Å². The van der Waals surface area contributed by atoms with Gasteiger partial charge in [0.15, 0.2) is 0 Å². The smallest absolute Gasteiger partial charge is 0.270 e. The number of hydrogen-bond acceptors (Lipinski definition) is 4. The van der Waals surface area contributed by atoms with Crippen molar-refractivity contribution in [2.75, 3.05) is 6.54 Å². The summed E-state index contributed by atoms with van der Waals surface area (Å²) < 4.78 is 6.99. The third-order valence-electron chi connectivity index (χ3n) is 4.86. The van der Waals surface area contributed by atoms with Crippen molar-refractivity contribution in [1.82, 2.24) is 9.47 Å². The summed E-state index contributed by atoms with van der Waals surface area (Å²) in [4.78, 5) is 14.9. The van der Waals surface area contributed by atoms with Crippen LogP contribution in [0.1, 0.15) is 60.0 Å². The summed E-state index contributed by atoms with van der Waals surface area (Å²) >= 11 is 0. The first-order valence-electron chi connectivity index (χ1n) is 8.69. The van der Waals surface area contributed by atoms with E-state index in [2.05, 4.69) is 6.07 Å². The molecule has 2 atom stereocenters. The zero-order valence-electron chi connectivity index (χ0n) is 14.4. The molecule has 0 aliphatic carbocycles. The van der Waals surface area contributed by atoms with E-state index >= 15 is 0 Å². The Labute approximate surface area is 147 Å². The second-order valence-corrected chi connectivity index (χ2v) is 6.61. The van der Waals surface area contributed by atoms with Crippen molar-refractivity contribution in [3.05, 3.63) is 47.7 Å². The summed E-state index contributed by atoms with van der Waals surface area (Å²) in [6.07, 6.45) is 6.86. The molecule has 132 valence electrons. The third-order valence-corrected chi connectivity index (χ3v) is 4.86. The van der Waals surface area contributed by atoms with Crippen molar-refractivity contribution in [2.45, 2.75) is 44.2 Å². The van der Waals surface area contributed by atoms with Gasteiger partial charge in [0.05, 0.1) is 11.8 Å². The average molecular weight is 341 g/mol. The first-order valence-corrected chi connectivity index (χ1v) is 8.69. The number of hydrogen-bond donors (Lipinski definition) is 1. The fourth-order valence-corrected chi connectivity index (χ4v) is 3.53. The van der Waals surface area contributed by atoms with Crippen molar-refractivity contribution in [2.24, 2.45) is 7.05 Å². The van der Waals surface area contributed by atoms with E-state index in [-0.39, 0.29) is 11.9 Å². The Hall–Kier alpha value is -2.52. The second kappa shape index (κ2) is 7.58. The molecule has 0 bridgehead atoms. The van der Waals surface area contributed by atoms with Gasteiger partial charge in [-0.2, -0.15) is 5.26 Å². The maximum atomic E-state index is 13.1. The molecule has 1 aliphatic heterocycles. The summed E-state index contributed by atoms with van der Waals surface area (Å²) in [5.74, 6) is 0.449. The number of carbonyl (C=O) groups is 1. The Morgan fingerprint density at radius 1 is 1.48 bits per heavy atom. The van der Waals surface area contributed by atoms with E-state index in [4.69, 9.17) is 9.68 Å². The second-order valence-electron chi connectivity index (χ2n) is 6.61. The van der Waals surface area contributed by atoms with E-state index in [0.29, 0.717) is 30.0 Å². The van der Waals surface area contributed by atoms with Gasteiger partial charge in [-0.05, 0) is 31.0 Å². The van der Waals surface area contributed by atoms with Gasteiger partial charge in [-0.1, -0.05) is 12.8 Å². The van der Waals surface area contributed by atoms with Crippen LogP contribution in [0, 0.1) is 11.3 Å². The average Bonchev–Trinajstić information content (AvgIpc) is 3.21. The molecule has 0 radical (unpaired) electrons.